The van der Waals surface area contributed by atoms with Crippen molar-refractivity contribution in [2.75, 3.05) is 0 Å². The highest BCUT2D eigenvalue weighted by Gasteiger charge is 2.55. The van der Waals surface area contributed by atoms with E-state index in [9.17, 15) is 0 Å². The van der Waals surface area contributed by atoms with Gasteiger partial charge in [0.25, 0.3) is 0 Å². The molecule has 8 heterocycles. The van der Waals surface area contributed by atoms with Gasteiger partial charge >= 0.3 is 0 Å². The first kappa shape index (κ1) is 44.3. The maximum absolute atomic E-state index is 5.45. The summed E-state index contributed by atoms with van der Waals surface area (Å²) in [6.45, 7) is 0. The van der Waals surface area contributed by atoms with E-state index in [-0.39, 0.29) is 0 Å². The summed E-state index contributed by atoms with van der Waals surface area (Å²) in [5, 5.41) is 10.3. The lowest BCUT2D eigenvalue weighted by Gasteiger charge is -2.29. The lowest BCUT2D eigenvalue weighted by Crippen LogP contribution is -2.71. The molecular formula is C72H44N8Si. The number of fused-ring (bicyclic) bond motifs is 18. The Morgan fingerprint density at radius 2 is 0.617 bits per heavy atom. The standard InChI is InChI=1S/C72H44N8Si/c1-3-17-47(18-4-1)79-69(75-59-25-15-39-73-71(59)79)45-31-35-55-56-36-32-46(70-76-60-26-16-40-74-72(60)80(70)48-19-5-2-6-20-48)42-66(56)81(65(55)41-45)67-43-49(77-61-27-11-7-21-51(61)52-22-8-12-28-62(52)77)33-37-57(67)58-38-34-50(44-68(58)81)78-63-29-13-9-23-53(63)54-24-10-14-30-64(54)78/h1-44H. The number of imidazole rings is 2. The highest BCUT2D eigenvalue weighted by Crippen LogP contribution is 2.43. The first-order valence-corrected chi connectivity index (χ1v) is 29.5. The Morgan fingerprint density at radius 3 is 1.01 bits per heavy atom. The van der Waals surface area contributed by atoms with Crippen molar-refractivity contribution in [1.82, 2.24) is 38.2 Å². The molecule has 376 valence electrons. The zero-order valence-corrected chi connectivity index (χ0v) is 44.5. The number of rotatable bonds is 6. The molecule has 9 heteroatoms. The van der Waals surface area contributed by atoms with E-state index >= 15 is 0 Å². The summed E-state index contributed by atoms with van der Waals surface area (Å²) >= 11 is 0. The normalized spacial score (nSPS) is 13.0. The second-order valence-corrected chi connectivity index (χ2v) is 25.0. The summed E-state index contributed by atoms with van der Waals surface area (Å²) in [5.74, 6) is 1.69. The van der Waals surface area contributed by atoms with Crippen LogP contribution in [0.3, 0.4) is 0 Å². The molecule has 1 spiro atoms. The van der Waals surface area contributed by atoms with E-state index in [2.05, 4.69) is 261 Å². The molecule has 8 nitrogen and oxygen atoms in total. The molecule has 18 rings (SSSR count). The Labute approximate surface area is 465 Å². The van der Waals surface area contributed by atoms with E-state index in [1.165, 1.54) is 86.6 Å². The maximum Gasteiger partial charge on any atom is 0.182 e. The Hall–Kier alpha value is -10.7. The van der Waals surface area contributed by atoms with E-state index < -0.39 is 8.07 Å². The fourth-order valence-electron chi connectivity index (χ4n) is 14.0. The molecule has 2 aliphatic heterocycles. The van der Waals surface area contributed by atoms with Gasteiger partial charge in [0, 0.05) is 67.8 Å². The zero-order chi connectivity index (χ0) is 52.9. The molecule has 0 aliphatic carbocycles. The second kappa shape index (κ2) is 16.6. The number of nitrogens with zero attached hydrogens (tertiary/aromatic N) is 8. The molecule has 81 heavy (non-hydrogen) atoms. The van der Waals surface area contributed by atoms with E-state index in [0.717, 1.165) is 67.9 Å². The van der Waals surface area contributed by atoms with Crippen molar-refractivity contribution in [3.63, 3.8) is 0 Å². The maximum atomic E-state index is 5.45. The Balaban J connectivity index is 0.982. The van der Waals surface area contributed by atoms with Crippen molar-refractivity contribution in [3.8, 4) is 67.8 Å². The molecular weight excluding hydrogens is 1000 g/mol. The molecule has 6 aromatic heterocycles. The number of pyridine rings is 2. The summed E-state index contributed by atoms with van der Waals surface area (Å²) in [4.78, 5) is 20.8. The minimum Gasteiger partial charge on any atom is -0.309 e. The van der Waals surface area contributed by atoms with Gasteiger partial charge in [-0.3, -0.25) is 9.13 Å². The highest BCUT2D eigenvalue weighted by molar-refractivity contribution is 7.24. The lowest BCUT2D eigenvalue weighted by molar-refractivity contribution is 1.08. The zero-order valence-electron chi connectivity index (χ0n) is 43.5. The lowest BCUT2D eigenvalue weighted by atomic mass is 10.0. The molecule has 0 amide bonds. The molecule has 2 aliphatic rings. The first-order chi connectivity index (χ1) is 40.2. The summed E-state index contributed by atoms with van der Waals surface area (Å²) in [6, 6.07) is 93.5. The molecule has 0 saturated heterocycles. The Kier molecular flexibility index (Phi) is 9.09. The van der Waals surface area contributed by atoms with Gasteiger partial charge in [-0.1, -0.05) is 158 Å². The third kappa shape index (κ3) is 6.07. The molecule has 0 radical (unpaired) electrons. The van der Waals surface area contributed by atoms with Gasteiger partial charge in [-0.05, 0) is 140 Å². The van der Waals surface area contributed by atoms with Gasteiger partial charge in [0.05, 0.1) is 22.1 Å². The van der Waals surface area contributed by atoms with Crippen LogP contribution in [-0.4, -0.2) is 46.3 Å². The van der Waals surface area contributed by atoms with E-state index in [0.29, 0.717) is 0 Å². The molecule has 0 fully saturated rings. The number of para-hydroxylation sites is 6. The van der Waals surface area contributed by atoms with Gasteiger partial charge in [0.1, 0.15) is 22.7 Å². The minimum atomic E-state index is -3.44. The van der Waals surface area contributed by atoms with Crippen LogP contribution in [0.1, 0.15) is 0 Å². The van der Waals surface area contributed by atoms with Gasteiger partial charge in [-0.2, -0.15) is 0 Å². The van der Waals surface area contributed by atoms with Crippen molar-refractivity contribution >= 4 is 94.8 Å². The summed E-state index contributed by atoms with van der Waals surface area (Å²) in [5.41, 5.74) is 19.3. The van der Waals surface area contributed by atoms with Crippen LogP contribution < -0.4 is 20.7 Å². The van der Waals surface area contributed by atoms with Crippen LogP contribution >= 0.6 is 0 Å². The van der Waals surface area contributed by atoms with E-state index in [4.69, 9.17) is 19.9 Å². The van der Waals surface area contributed by atoms with Crippen molar-refractivity contribution in [2.24, 2.45) is 0 Å². The van der Waals surface area contributed by atoms with Crippen molar-refractivity contribution in [2.45, 2.75) is 0 Å². The van der Waals surface area contributed by atoms with Gasteiger partial charge in [-0.15, -0.1) is 0 Å². The highest BCUT2D eigenvalue weighted by atomic mass is 28.3. The molecule has 0 N–H and O–H groups in total. The number of hydrogen-bond acceptors (Lipinski definition) is 4. The average Bonchev–Trinajstić information content (AvgIpc) is 4.04. The van der Waals surface area contributed by atoms with Crippen LogP contribution in [0.4, 0.5) is 0 Å². The Morgan fingerprint density at radius 1 is 0.272 bits per heavy atom. The molecule has 0 saturated carbocycles. The topological polar surface area (TPSA) is 71.3 Å². The number of aromatic nitrogens is 8. The number of benzene rings is 10. The predicted octanol–water partition coefficient (Wildman–Crippen LogP) is 14.0. The van der Waals surface area contributed by atoms with Crippen LogP contribution in [0.25, 0.3) is 134 Å². The van der Waals surface area contributed by atoms with Gasteiger partial charge in [0.15, 0.2) is 19.4 Å². The predicted molar refractivity (Wildman–Crippen MR) is 332 cm³/mol. The third-order valence-electron chi connectivity index (χ3n) is 17.3. The van der Waals surface area contributed by atoms with E-state index in [1.807, 2.05) is 24.5 Å². The van der Waals surface area contributed by atoms with Crippen LogP contribution in [0.2, 0.25) is 0 Å². The van der Waals surface area contributed by atoms with Gasteiger partial charge in [0.2, 0.25) is 0 Å². The molecule has 0 bridgehead atoms. The largest absolute Gasteiger partial charge is 0.309 e. The summed E-state index contributed by atoms with van der Waals surface area (Å²) in [6.07, 6.45) is 3.73. The molecule has 16 aromatic rings. The van der Waals surface area contributed by atoms with Crippen LogP contribution in [0, 0.1) is 0 Å². The van der Waals surface area contributed by atoms with Crippen molar-refractivity contribution in [3.05, 3.63) is 267 Å². The van der Waals surface area contributed by atoms with E-state index in [1.54, 1.807) is 0 Å². The summed E-state index contributed by atoms with van der Waals surface area (Å²) < 4.78 is 9.41. The average molecular weight is 1050 g/mol. The smallest absolute Gasteiger partial charge is 0.182 e. The molecule has 10 aromatic carbocycles. The van der Waals surface area contributed by atoms with Crippen LogP contribution in [0.5, 0.6) is 0 Å². The monoisotopic (exact) mass is 1050 g/mol. The van der Waals surface area contributed by atoms with Crippen LogP contribution in [0.15, 0.2) is 267 Å². The van der Waals surface area contributed by atoms with Gasteiger partial charge < -0.3 is 9.13 Å². The fraction of sp³-hybridized carbons (Fsp3) is 0. The van der Waals surface area contributed by atoms with Crippen molar-refractivity contribution in [1.29, 1.82) is 0 Å². The van der Waals surface area contributed by atoms with Crippen molar-refractivity contribution < 1.29 is 0 Å². The van der Waals surface area contributed by atoms with Gasteiger partial charge in [-0.25, -0.2) is 19.9 Å². The SMILES string of the molecule is c1ccc(-n2c(-c3ccc4c(c3)[Si]3(c5cc(-c6nc7cccnc7n6-c6ccccc6)ccc5-4)c4cc(-n5c6ccccc6c6ccccc65)ccc4-c4ccc(-n5c6ccccc6c6ccccc65)cc43)nc3cccnc32)cc1. The second-order valence-electron chi connectivity index (χ2n) is 21.4. The fourth-order valence-corrected chi connectivity index (χ4v) is 19.7. The Bertz CT molecular complexity index is 4880. The number of hydrogen-bond donors (Lipinski definition) is 0. The summed E-state index contributed by atoms with van der Waals surface area (Å²) in [7, 11) is -3.44. The molecule has 0 unspecified atom stereocenters. The minimum absolute atomic E-state index is 0.818. The third-order valence-corrected chi connectivity index (χ3v) is 22.2. The van der Waals surface area contributed by atoms with Crippen LogP contribution in [-0.2, 0) is 0 Å². The molecule has 0 atom stereocenters. The first-order valence-electron chi connectivity index (χ1n) is 27.5. The quantitative estimate of drug-likeness (QED) is 0.156.